The molecular weight excluding hydrogens is 596 g/mol. The van der Waals surface area contributed by atoms with Gasteiger partial charge in [0.25, 0.3) is 5.91 Å². The summed E-state index contributed by atoms with van der Waals surface area (Å²) in [5, 5.41) is 13.4. The molecule has 2 aliphatic heterocycles. The van der Waals surface area contributed by atoms with Crippen molar-refractivity contribution in [2.45, 2.75) is 33.2 Å². The Balaban J connectivity index is 1.34. The van der Waals surface area contributed by atoms with E-state index in [2.05, 4.69) is 55.5 Å². The van der Waals surface area contributed by atoms with Gasteiger partial charge in [-0.3, -0.25) is 9.79 Å². The second kappa shape index (κ2) is 12.4. The van der Waals surface area contributed by atoms with E-state index in [4.69, 9.17) is 15.6 Å². The quantitative estimate of drug-likeness (QED) is 0.117. The van der Waals surface area contributed by atoms with E-state index in [1.807, 2.05) is 84.9 Å². The Bertz CT molecular complexity index is 2020. The van der Waals surface area contributed by atoms with Gasteiger partial charge in [0.05, 0.1) is 11.9 Å². The van der Waals surface area contributed by atoms with Gasteiger partial charge >= 0.3 is 0 Å². The zero-order chi connectivity index (χ0) is 33.4. The average Bonchev–Trinajstić information content (AvgIpc) is 3.33. The molecule has 4 N–H and O–H groups in total. The highest BCUT2D eigenvalue weighted by Crippen LogP contribution is 2.58. The van der Waals surface area contributed by atoms with Crippen LogP contribution < -0.4 is 21.1 Å². The number of benzene rings is 5. The number of hydrogen-bond donors (Lipinski definition) is 3. The van der Waals surface area contributed by atoms with Crippen molar-refractivity contribution < 1.29 is 9.53 Å². The van der Waals surface area contributed by atoms with Gasteiger partial charge in [-0.2, -0.15) is 5.10 Å². The highest BCUT2D eigenvalue weighted by molar-refractivity contribution is 6.17. The van der Waals surface area contributed by atoms with Gasteiger partial charge < -0.3 is 21.1 Å². The summed E-state index contributed by atoms with van der Waals surface area (Å²) in [7, 11) is 0. The number of ether oxygens (including phenoxy) is 1. The largest absolute Gasteiger partial charge is 0.456 e. The van der Waals surface area contributed by atoms with Crippen LogP contribution in [0.2, 0.25) is 0 Å². The number of amides is 1. The normalized spacial score (nSPS) is 14.2. The predicted molar refractivity (Wildman–Crippen MR) is 196 cm³/mol. The van der Waals surface area contributed by atoms with Crippen molar-refractivity contribution in [1.82, 2.24) is 5.01 Å². The first-order valence-electron chi connectivity index (χ1n) is 16.3. The fourth-order valence-electron chi connectivity index (χ4n) is 6.79. The Hall–Kier alpha value is -5.89. The number of nitrogens with two attached hydrogens (primary N) is 1. The third kappa shape index (κ3) is 5.06. The third-order valence-electron chi connectivity index (χ3n) is 9.03. The van der Waals surface area contributed by atoms with Crippen LogP contribution in [0.1, 0.15) is 52.0 Å². The van der Waals surface area contributed by atoms with E-state index in [0.717, 1.165) is 74.8 Å². The molecule has 2 heterocycles. The lowest BCUT2D eigenvalue weighted by Crippen LogP contribution is -2.44. The number of hydrogen-bond acceptors (Lipinski definition) is 7. The summed E-state index contributed by atoms with van der Waals surface area (Å²) in [6.45, 7) is 9.82. The molecule has 0 atom stereocenters. The van der Waals surface area contributed by atoms with Crippen LogP contribution in [0.4, 0.5) is 22.7 Å². The molecule has 0 radical (unpaired) electrons. The van der Waals surface area contributed by atoms with Gasteiger partial charge in [-0.25, -0.2) is 5.01 Å². The molecule has 48 heavy (non-hydrogen) atoms. The van der Waals surface area contributed by atoms with Crippen LogP contribution in [0, 0.1) is 13.8 Å². The Kier molecular flexibility index (Phi) is 7.93. The van der Waals surface area contributed by atoms with Crippen LogP contribution >= 0.6 is 0 Å². The lowest BCUT2D eigenvalue weighted by Gasteiger charge is -2.42. The first-order chi connectivity index (χ1) is 23.3. The fourth-order valence-corrected chi connectivity index (χ4v) is 6.79. The molecule has 0 unspecified atom stereocenters. The first-order valence-corrected chi connectivity index (χ1v) is 16.3. The molecule has 0 saturated carbocycles. The van der Waals surface area contributed by atoms with E-state index in [-0.39, 0.29) is 5.91 Å². The van der Waals surface area contributed by atoms with Crippen LogP contribution in [0.25, 0.3) is 11.1 Å². The standard InChI is InChI=1S/C40H38N6O2/c1-5-42-35-23-37-33(21-25(35)3)40(34-22-26(4)36(43-6-2)24-38(34)48-37)32-10-8-7-9-31(32)39(47)46(40)45-20-19-44-30-17-13-28(14-18-30)27-11-15-29(41)16-12-27/h7-24,42-43H,5-6,41H2,1-4H3/b44-19?,45-20+. The smallest absolute Gasteiger partial charge is 0.275 e. The van der Waals surface area contributed by atoms with Crippen molar-refractivity contribution in [3.8, 4) is 22.6 Å². The minimum Gasteiger partial charge on any atom is -0.456 e. The number of hydrazone groups is 1. The Morgan fingerprint density at radius 2 is 1.31 bits per heavy atom. The lowest BCUT2D eigenvalue weighted by atomic mass is 9.74. The number of nitrogen functional groups attached to an aromatic ring is 1. The molecular formula is C40H38N6O2. The maximum Gasteiger partial charge on any atom is 0.275 e. The van der Waals surface area contributed by atoms with Crippen molar-refractivity contribution in [2.75, 3.05) is 29.5 Å². The van der Waals surface area contributed by atoms with Crippen molar-refractivity contribution in [3.05, 3.63) is 130 Å². The SMILES string of the molecule is CCNc1cc2c(cc1C)C1(c3cc(C)c(NCC)cc3O2)c2ccccc2C(=O)N1/N=C/C=Nc1ccc(-c2ccc(N)cc2)cc1. The molecule has 0 aromatic heterocycles. The van der Waals surface area contributed by atoms with E-state index >= 15 is 0 Å². The van der Waals surface area contributed by atoms with Gasteiger partial charge in [0.1, 0.15) is 17.0 Å². The van der Waals surface area contributed by atoms with Crippen molar-refractivity contribution in [1.29, 1.82) is 0 Å². The summed E-state index contributed by atoms with van der Waals surface area (Å²) < 4.78 is 6.68. The minimum absolute atomic E-state index is 0.191. The van der Waals surface area contributed by atoms with Crippen molar-refractivity contribution in [2.24, 2.45) is 10.1 Å². The molecule has 7 rings (SSSR count). The Morgan fingerprint density at radius 3 is 1.90 bits per heavy atom. The Labute approximate surface area is 281 Å². The van der Waals surface area contributed by atoms with Crippen LogP contribution in [0.3, 0.4) is 0 Å². The van der Waals surface area contributed by atoms with E-state index in [0.29, 0.717) is 17.1 Å². The van der Waals surface area contributed by atoms with Crippen LogP contribution in [0.5, 0.6) is 11.5 Å². The van der Waals surface area contributed by atoms with Crippen LogP contribution in [-0.2, 0) is 5.54 Å². The summed E-state index contributed by atoms with van der Waals surface area (Å²) in [5.41, 5.74) is 15.7. The molecule has 5 aromatic rings. The van der Waals surface area contributed by atoms with Crippen molar-refractivity contribution >= 4 is 41.1 Å². The average molecular weight is 635 g/mol. The van der Waals surface area contributed by atoms with Gasteiger partial charge in [-0.05, 0) is 92.4 Å². The molecule has 0 saturated heterocycles. The maximum atomic E-state index is 14.4. The van der Waals surface area contributed by atoms with Gasteiger partial charge in [0, 0.05) is 70.8 Å². The fraction of sp³-hybridized carbons (Fsp3) is 0.175. The number of carbonyl (C=O) groups is 1. The molecule has 0 aliphatic carbocycles. The molecule has 1 amide bonds. The van der Waals surface area contributed by atoms with Gasteiger partial charge in [0.2, 0.25) is 0 Å². The second-order valence-electron chi connectivity index (χ2n) is 12.1. The number of nitrogens with one attached hydrogen (secondary N) is 2. The number of carbonyl (C=O) groups excluding carboxylic acids is 1. The second-order valence-corrected chi connectivity index (χ2v) is 12.1. The van der Waals surface area contributed by atoms with Gasteiger partial charge in [-0.1, -0.05) is 42.5 Å². The topological polar surface area (TPSA) is 104 Å². The molecule has 1 spiro atoms. The molecule has 240 valence electrons. The summed E-state index contributed by atoms with van der Waals surface area (Å²) in [4.78, 5) is 19.0. The minimum atomic E-state index is -1.06. The summed E-state index contributed by atoms with van der Waals surface area (Å²) in [5.74, 6) is 1.16. The third-order valence-corrected chi connectivity index (χ3v) is 9.03. The Morgan fingerprint density at radius 1 is 0.750 bits per heavy atom. The van der Waals surface area contributed by atoms with Gasteiger partial charge in [-0.15, -0.1) is 0 Å². The number of rotatable bonds is 8. The number of aliphatic imine (C=N–C) groups is 1. The molecule has 0 bridgehead atoms. The van der Waals surface area contributed by atoms with Gasteiger partial charge in [0.15, 0.2) is 0 Å². The number of nitrogens with zero attached hydrogens (tertiary/aromatic N) is 3. The monoisotopic (exact) mass is 634 g/mol. The van der Waals surface area contributed by atoms with E-state index in [1.165, 1.54) is 0 Å². The van der Waals surface area contributed by atoms with Crippen LogP contribution in [0.15, 0.2) is 107 Å². The van der Waals surface area contributed by atoms with Crippen LogP contribution in [-0.4, -0.2) is 36.4 Å². The summed E-state index contributed by atoms with van der Waals surface area (Å²) in [6, 6.07) is 31.8. The summed E-state index contributed by atoms with van der Waals surface area (Å²) >= 11 is 0. The highest BCUT2D eigenvalue weighted by atomic mass is 16.5. The van der Waals surface area contributed by atoms with E-state index in [9.17, 15) is 4.79 Å². The van der Waals surface area contributed by atoms with Crippen molar-refractivity contribution in [3.63, 3.8) is 0 Å². The molecule has 8 heteroatoms. The maximum absolute atomic E-state index is 14.4. The zero-order valence-corrected chi connectivity index (χ0v) is 27.5. The summed E-state index contributed by atoms with van der Waals surface area (Å²) in [6.07, 6.45) is 3.22. The first kappa shape index (κ1) is 30.7. The molecule has 8 nitrogen and oxygen atoms in total. The van der Waals surface area contributed by atoms with E-state index in [1.54, 1.807) is 17.4 Å². The number of aryl methyl sites for hydroxylation is 2. The predicted octanol–water partition coefficient (Wildman–Crippen LogP) is 8.66. The lowest BCUT2D eigenvalue weighted by molar-refractivity contribution is 0.0675. The number of anilines is 3. The highest BCUT2D eigenvalue weighted by Gasteiger charge is 2.57. The zero-order valence-electron chi connectivity index (χ0n) is 27.5. The molecule has 0 fully saturated rings. The molecule has 5 aromatic carbocycles. The molecule has 2 aliphatic rings. The number of fused-ring (bicyclic) bond motifs is 6. The van der Waals surface area contributed by atoms with E-state index < -0.39 is 5.54 Å².